The highest BCUT2D eigenvalue weighted by Gasteiger charge is 2.15. The Bertz CT molecular complexity index is 1280. The summed E-state index contributed by atoms with van der Waals surface area (Å²) in [5, 5.41) is 8.38. The average molecular weight is 472 g/mol. The third-order valence-electron chi connectivity index (χ3n) is 4.52. The minimum absolute atomic E-state index is 0.0119. The predicted octanol–water partition coefficient (Wildman–Crippen LogP) is 4.63. The largest absolute Gasteiger partial charge is 0.348 e. The van der Waals surface area contributed by atoms with E-state index < -0.39 is 15.7 Å². The average Bonchev–Trinajstić information content (AvgIpc) is 2.71. The summed E-state index contributed by atoms with van der Waals surface area (Å²) in [5.74, 6) is -0.504. The van der Waals surface area contributed by atoms with E-state index in [0.29, 0.717) is 11.4 Å². The molecule has 3 amide bonds. The molecule has 7 nitrogen and oxygen atoms in total. The molecule has 3 N–H and O–H groups in total. The molecule has 0 saturated carbocycles. The molecular formula is C23H22ClN3O4S. The fourth-order valence-corrected chi connectivity index (χ4v) is 3.81. The topological polar surface area (TPSA) is 104 Å². The molecule has 0 spiro atoms. The van der Waals surface area contributed by atoms with Gasteiger partial charge in [0.1, 0.15) is 0 Å². The molecule has 3 rings (SSSR count). The van der Waals surface area contributed by atoms with Crippen molar-refractivity contribution in [1.82, 2.24) is 5.32 Å². The standard InChI is InChI=1S/C23H22ClN3O4S/c1-15-5-3-7-17(11-15)26-23(29)27-18-8-4-6-16(12-18)14-25-22(28)20-13-19(32(2,30)31)9-10-21(20)24/h3-13H,14H2,1-2H3,(H,25,28)(H2,26,27,29). The van der Waals surface area contributed by atoms with Crippen LogP contribution in [0.15, 0.2) is 71.6 Å². The van der Waals surface area contributed by atoms with E-state index in [-0.39, 0.29) is 28.1 Å². The van der Waals surface area contributed by atoms with Crippen molar-refractivity contribution >= 4 is 44.8 Å². The van der Waals surface area contributed by atoms with Gasteiger partial charge in [-0.15, -0.1) is 0 Å². The van der Waals surface area contributed by atoms with Crippen LogP contribution in [-0.4, -0.2) is 26.6 Å². The van der Waals surface area contributed by atoms with Gasteiger partial charge in [0.15, 0.2) is 9.84 Å². The molecule has 32 heavy (non-hydrogen) atoms. The van der Waals surface area contributed by atoms with Crippen LogP contribution < -0.4 is 16.0 Å². The number of carbonyl (C=O) groups excluding carboxylic acids is 2. The molecule has 0 radical (unpaired) electrons. The maximum Gasteiger partial charge on any atom is 0.323 e. The van der Waals surface area contributed by atoms with Crippen LogP contribution in [0.25, 0.3) is 0 Å². The van der Waals surface area contributed by atoms with Crippen molar-refractivity contribution in [3.63, 3.8) is 0 Å². The Kier molecular flexibility index (Phi) is 7.17. The second-order valence-electron chi connectivity index (χ2n) is 7.25. The minimum Gasteiger partial charge on any atom is -0.348 e. The second-order valence-corrected chi connectivity index (χ2v) is 9.67. The van der Waals surface area contributed by atoms with Gasteiger partial charge in [-0.25, -0.2) is 13.2 Å². The maximum absolute atomic E-state index is 12.5. The van der Waals surface area contributed by atoms with Crippen LogP contribution in [0, 0.1) is 6.92 Å². The van der Waals surface area contributed by atoms with Gasteiger partial charge >= 0.3 is 6.03 Å². The number of rotatable bonds is 6. The van der Waals surface area contributed by atoms with Gasteiger partial charge in [-0.1, -0.05) is 35.9 Å². The minimum atomic E-state index is -3.47. The molecular weight excluding hydrogens is 450 g/mol. The Morgan fingerprint density at radius 2 is 1.56 bits per heavy atom. The fourth-order valence-electron chi connectivity index (χ4n) is 2.96. The molecule has 3 aromatic rings. The highest BCUT2D eigenvalue weighted by Crippen LogP contribution is 2.21. The van der Waals surface area contributed by atoms with Crippen LogP contribution in [0.2, 0.25) is 5.02 Å². The van der Waals surface area contributed by atoms with Gasteiger partial charge in [-0.3, -0.25) is 4.79 Å². The Morgan fingerprint density at radius 3 is 2.22 bits per heavy atom. The van der Waals surface area contributed by atoms with Crippen LogP contribution >= 0.6 is 11.6 Å². The molecule has 0 aliphatic heterocycles. The van der Waals surface area contributed by atoms with E-state index in [1.54, 1.807) is 30.3 Å². The molecule has 0 aliphatic carbocycles. The summed E-state index contributed by atoms with van der Waals surface area (Å²) in [6.45, 7) is 2.10. The van der Waals surface area contributed by atoms with E-state index in [4.69, 9.17) is 11.6 Å². The first-order valence-corrected chi connectivity index (χ1v) is 11.9. The summed E-state index contributed by atoms with van der Waals surface area (Å²) in [4.78, 5) is 24.8. The fraction of sp³-hybridized carbons (Fsp3) is 0.130. The number of anilines is 2. The second kappa shape index (κ2) is 9.84. The monoisotopic (exact) mass is 471 g/mol. The molecule has 0 aromatic heterocycles. The summed E-state index contributed by atoms with van der Waals surface area (Å²) in [5.41, 5.74) is 3.07. The molecule has 0 unspecified atom stereocenters. The van der Waals surface area contributed by atoms with Gasteiger partial charge in [0.25, 0.3) is 5.91 Å². The summed E-state index contributed by atoms with van der Waals surface area (Å²) in [7, 11) is -3.47. The lowest BCUT2D eigenvalue weighted by molar-refractivity contribution is 0.0951. The number of hydrogen-bond acceptors (Lipinski definition) is 4. The van der Waals surface area contributed by atoms with Gasteiger partial charge in [0.2, 0.25) is 0 Å². The SMILES string of the molecule is Cc1cccc(NC(=O)Nc2cccc(CNC(=O)c3cc(S(C)(=O)=O)ccc3Cl)c2)c1. The third-order valence-corrected chi connectivity index (χ3v) is 5.96. The van der Waals surface area contributed by atoms with Gasteiger partial charge in [-0.2, -0.15) is 0 Å². The Hall–Kier alpha value is -3.36. The van der Waals surface area contributed by atoms with Crippen LogP contribution in [0.4, 0.5) is 16.2 Å². The molecule has 0 aliphatic rings. The third kappa shape index (κ3) is 6.32. The van der Waals surface area contributed by atoms with E-state index >= 15 is 0 Å². The van der Waals surface area contributed by atoms with Crippen LogP contribution in [0.3, 0.4) is 0 Å². The van der Waals surface area contributed by atoms with Gasteiger partial charge < -0.3 is 16.0 Å². The highest BCUT2D eigenvalue weighted by molar-refractivity contribution is 7.90. The number of halogens is 1. The van der Waals surface area contributed by atoms with E-state index in [0.717, 1.165) is 17.4 Å². The molecule has 9 heteroatoms. The van der Waals surface area contributed by atoms with E-state index in [2.05, 4.69) is 16.0 Å². The molecule has 0 bridgehead atoms. The molecule has 3 aromatic carbocycles. The summed E-state index contributed by atoms with van der Waals surface area (Å²) < 4.78 is 23.5. The van der Waals surface area contributed by atoms with Crippen molar-refractivity contribution in [2.24, 2.45) is 0 Å². The van der Waals surface area contributed by atoms with E-state index in [1.807, 2.05) is 25.1 Å². The number of amides is 3. The zero-order valence-corrected chi connectivity index (χ0v) is 19.0. The van der Waals surface area contributed by atoms with Crippen LogP contribution in [0.1, 0.15) is 21.5 Å². The van der Waals surface area contributed by atoms with Crippen molar-refractivity contribution in [1.29, 1.82) is 0 Å². The number of sulfone groups is 1. The number of aryl methyl sites for hydroxylation is 1. The molecule has 0 saturated heterocycles. The quantitative estimate of drug-likeness (QED) is 0.487. The van der Waals surface area contributed by atoms with Crippen LogP contribution in [-0.2, 0) is 16.4 Å². The highest BCUT2D eigenvalue weighted by atomic mass is 35.5. The number of benzene rings is 3. The van der Waals surface area contributed by atoms with Crippen LogP contribution in [0.5, 0.6) is 0 Å². The first-order chi connectivity index (χ1) is 15.1. The number of nitrogens with one attached hydrogen (secondary N) is 3. The lowest BCUT2D eigenvalue weighted by atomic mass is 10.1. The molecule has 0 heterocycles. The zero-order chi connectivity index (χ0) is 23.3. The van der Waals surface area contributed by atoms with E-state index in [9.17, 15) is 18.0 Å². The predicted molar refractivity (Wildman–Crippen MR) is 126 cm³/mol. The number of urea groups is 1. The van der Waals surface area contributed by atoms with Gasteiger partial charge in [0.05, 0.1) is 15.5 Å². The lowest BCUT2D eigenvalue weighted by Gasteiger charge is -2.11. The maximum atomic E-state index is 12.5. The Labute approximate surface area is 191 Å². The number of hydrogen-bond donors (Lipinski definition) is 3. The Morgan fingerprint density at radius 1 is 0.906 bits per heavy atom. The van der Waals surface area contributed by atoms with Crippen molar-refractivity contribution in [2.75, 3.05) is 16.9 Å². The Balaban J connectivity index is 1.64. The summed E-state index contributed by atoms with van der Waals surface area (Å²) in [6.07, 6.45) is 1.06. The summed E-state index contributed by atoms with van der Waals surface area (Å²) >= 11 is 6.07. The van der Waals surface area contributed by atoms with Gasteiger partial charge in [-0.05, 0) is 60.5 Å². The van der Waals surface area contributed by atoms with Crippen molar-refractivity contribution < 1.29 is 18.0 Å². The number of carbonyl (C=O) groups is 2. The van der Waals surface area contributed by atoms with Crippen molar-refractivity contribution in [2.45, 2.75) is 18.4 Å². The molecule has 0 fully saturated rings. The molecule has 166 valence electrons. The summed E-state index contributed by atoms with van der Waals surface area (Å²) in [6, 6.07) is 18.0. The molecule has 0 atom stereocenters. The first kappa shape index (κ1) is 23.3. The van der Waals surface area contributed by atoms with Gasteiger partial charge in [0, 0.05) is 24.2 Å². The smallest absolute Gasteiger partial charge is 0.323 e. The zero-order valence-electron chi connectivity index (χ0n) is 17.5. The van der Waals surface area contributed by atoms with Crippen molar-refractivity contribution in [3.8, 4) is 0 Å². The van der Waals surface area contributed by atoms with Crippen molar-refractivity contribution in [3.05, 3.63) is 88.4 Å². The normalized spacial score (nSPS) is 11.0. The lowest BCUT2D eigenvalue weighted by Crippen LogP contribution is -2.24. The first-order valence-electron chi connectivity index (χ1n) is 9.63. The van der Waals surface area contributed by atoms with E-state index in [1.165, 1.54) is 18.2 Å².